The van der Waals surface area contributed by atoms with E-state index in [4.69, 9.17) is 4.74 Å². The summed E-state index contributed by atoms with van der Waals surface area (Å²) in [6.45, 7) is 3.96. The molecule has 7 nitrogen and oxygen atoms in total. The lowest BCUT2D eigenvalue weighted by atomic mass is 10.2. The molecule has 25 heavy (non-hydrogen) atoms. The molecule has 0 radical (unpaired) electrons. The summed E-state index contributed by atoms with van der Waals surface area (Å²) >= 11 is 1.33. The van der Waals surface area contributed by atoms with Gasteiger partial charge in [0.05, 0.1) is 24.2 Å². The number of amides is 1. The number of hydrogen-bond acceptors (Lipinski definition) is 6. The topological polar surface area (TPSA) is 88.6 Å². The van der Waals surface area contributed by atoms with E-state index in [9.17, 15) is 13.2 Å². The molecule has 0 aliphatic carbocycles. The number of anilines is 2. The Kier molecular flexibility index (Phi) is 4.70. The fourth-order valence-electron chi connectivity index (χ4n) is 2.45. The molecule has 2 heterocycles. The highest BCUT2D eigenvalue weighted by Crippen LogP contribution is 2.35. The van der Waals surface area contributed by atoms with Crippen molar-refractivity contribution < 1.29 is 17.9 Å². The summed E-state index contributed by atoms with van der Waals surface area (Å²) in [5, 5.41) is 5.07. The van der Waals surface area contributed by atoms with Gasteiger partial charge in [-0.15, -0.1) is 11.3 Å². The van der Waals surface area contributed by atoms with Crippen LogP contribution in [0.2, 0.25) is 0 Å². The van der Waals surface area contributed by atoms with Gasteiger partial charge in [-0.1, -0.05) is 26.0 Å². The Labute approximate surface area is 150 Å². The third-order valence-electron chi connectivity index (χ3n) is 3.77. The summed E-state index contributed by atoms with van der Waals surface area (Å²) in [6, 6.07) is 6.76. The molecule has 1 atom stereocenters. The van der Waals surface area contributed by atoms with E-state index < -0.39 is 22.0 Å². The monoisotopic (exact) mass is 381 g/mol. The summed E-state index contributed by atoms with van der Waals surface area (Å²) in [4.78, 5) is 16.9. The van der Waals surface area contributed by atoms with Gasteiger partial charge in [-0.2, -0.15) is 0 Å². The number of ether oxygens (including phenoxy) is 1. The van der Waals surface area contributed by atoms with Crippen LogP contribution in [-0.4, -0.2) is 38.2 Å². The Bertz CT molecular complexity index is 892. The summed E-state index contributed by atoms with van der Waals surface area (Å²) in [5.41, 5.74) is 1.33. The predicted octanol–water partition coefficient (Wildman–Crippen LogP) is 2.43. The van der Waals surface area contributed by atoms with Gasteiger partial charge in [0, 0.05) is 5.38 Å². The summed E-state index contributed by atoms with van der Waals surface area (Å²) < 4.78 is 31.1. The van der Waals surface area contributed by atoms with Gasteiger partial charge in [0.15, 0.2) is 11.2 Å². The van der Waals surface area contributed by atoms with Crippen LogP contribution in [0.25, 0.3) is 0 Å². The molecule has 1 aliphatic heterocycles. The number of thiazole rings is 1. The van der Waals surface area contributed by atoms with Crippen LogP contribution in [0.5, 0.6) is 5.75 Å². The first-order valence-corrected chi connectivity index (χ1v) is 10.5. The van der Waals surface area contributed by atoms with E-state index in [1.54, 1.807) is 24.3 Å². The van der Waals surface area contributed by atoms with Crippen molar-refractivity contribution in [2.75, 3.05) is 22.4 Å². The second-order valence-electron chi connectivity index (χ2n) is 6.09. The lowest BCUT2D eigenvalue weighted by Crippen LogP contribution is -2.48. The van der Waals surface area contributed by atoms with Gasteiger partial charge in [0.25, 0.3) is 5.91 Å². The van der Waals surface area contributed by atoms with Gasteiger partial charge in [0.1, 0.15) is 5.75 Å². The predicted molar refractivity (Wildman–Crippen MR) is 97.9 cm³/mol. The van der Waals surface area contributed by atoms with E-state index >= 15 is 0 Å². The zero-order valence-electron chi connectivity index (χ0n) is 14.1. The molecular weight excluding hydrogens is 362 g/mol. The molecule has 3 rings (SSSR count). The standard InChI is InChI=1S/C16H19N3O4S2/c1-10(2)11-9-24-16(17-11)18-15(20)14-8-19(25(3,21)22)12-6-4-5-7-13(12)23-14/h4-7,9-10,14H,8H2,1-3H3,(H,17,18,20)/t14-/m1/s1. The van der Waals surface area contributed by atoms with Gasteiger partial charge >= 0.3 is 0 Å². The van der Waals surface area contributed by atoms with E-state index in [2.05, 4.69) is 10.3 Å². The number of carbonyl (C=O) groups is 1. The summed E-state index contributed by atoms with van der Waals surface area (Å²) in [7, 11) is -3.53. The van der Waals surface area contributed by atoms with Crippen LogP contribution in [0.1, 0.15) is 25.5 Å². The molecule has 1 aromatic heterocycles. The quantitative estimate of drug-likeness (QED) is 0.879. The minimum Gasteiger partial charge on any atom is -0.476 e. The largest absolute Gasteiger partial charge is 0.476 e. The van der Waals surface area contributed by atoms with E-state index in [1.807, 2.05) is 19.2 Å². The third kappa shape index (κ3) is 3.77. The fourth-order valence-corrected chi connectivity index (χ4v) is 4.24. The maximum absolute atomic E-state index is 12.5. The Morgan fingerprint density at radius 3 is 2.76 bits per heavy atom. The van der Waals surface area contributed by atoms with Crippen molar-refractivity contribution in [3.05, 3.63) is 35.3 Å². The Morgan fingerprint density at radius 2 is 2.12 bits per heavy atom. The molecule has 1 N–H and O–H groups in total. The molecule has 1 aromatic carbocycles. The number of fused-ring (bicyclic) bond motifs is 1. The lowest BCUT2D eigenvalue weighted by molar-refractivity contribution is -0.122. The van der Waals surface area contributed by atoms with Crippen molar-refractivity contribution in [2.24, 2.45) is 0 Å². The second-order valence-corrected chi connectivity index (χ2v) is 8.85. The van der Waals surface area contributed by atoms with Gasteiger partial charge in [-0.3, -0.25) is 14.4 Å². The first kappa shape index (κ1) is 17.7. The smallest absolute Gasteiger partial charge is 0.269 e. The molecular formula is C16H19N3O4S2. The molecule has 0 bridgehead atoms. The number of benzene rings is 1. The maximum atomic E-state index is 12.5. The average molecular weight is 381 g/mol. The number of para-hydroxylation sites is 2. The van der Waals surface area contributed by atoms with Crippen LogP contribution in [0.15, 0.2) is 29.6 Å². The van der Waals surface area contributed by atoms with Gasteiger partial charge in [0.2, 0.25) is 10.0 Å². The fraction of sp³-hybridized carbons (Fsp3) is 0.375. The molecule has 0 spiro atoms. The van der Waals surface area contributed by atoms with Crippen LogP contribution in [0.3, 0.4) is 0 Å². The molecule has 1 amide bonds. The SMILES string of the molecule is CC(C)c1csc(NC(=O)[C@H]2CN(S(C)(=O)=O)c3ccccc3O2)n1. The van der Waals surface area contributed by atoms with Crippen LogP contribution >= 0.6 is 11.3 Å². The van der Waals surface area contributed by atoms with E-state index in [0.717, 1.165) is 11.9 Å². The van der Waals surface area contributed by atoms with Crippen molar-refractivity contribution in [3.8, 4) is 5.75 Å². The van der Waals surface area contributed by atoms with E-state index in [1.165, 1.54) is 15.6 Å². The highest BCUT2D eigenvalue weighted by Gasteiger charge is 2.35. The van der Waals surface area contributed by atoms with Crippen molar-refractivity contribution >= 4 is 38.1 Å². The number of nitrogens with one attached hydrogen (secondary N) is 1. The summed E-state index contributed by atoms with van der Waals surface area (Å²) in [5.74, 6) is 0.203. The highest BCUT2D eigenvalue weighted by atomic mass is 32.2. The number of hydrogen-bond donors (Lipinski definition) is 1. The number of nitrogens with zero attached hydrogens (tertiary/aromatic N) is 2. The number of sulfonamides is 1. The summed E-state index contributed by atoms with van der Waals surface area (Å²) in [6.07, 6.45) is 0.163. The molecule has 0 saturated heterocycles. The molecule has 9 heteroatoms. The molecule has 0 saturated carbocycles. The van der Waals surface area contributed by atoms with Crippen molar-refractivity contribution in [2.45, 2.75) is 25.9 Å². The normalized spacial score (nSPS) is 17.1. The van der Waals surface area contributed by atoms with Gasteiger partial charge in [-0.05, 0) is 18.1 Å². The van der Waals surface area contributed by atoms with E-state index in [-0.39, 0.29) is 12.5 Å². The zero-order valence-corrected chi connectivity index (χ0v) is 15.7. The number of rotatable bonds is 4. The Morgan fingerprint density at radius 1 is 1.40 bits per heavy atom. The first-order chi connectivity index (χ1) is 11.8. The number of aromatic nitrogens is 1. The van der Waals surface area contributed by atoms with Gasteiger partial charge < -0.3 is 4.74 Å². The molecule has 1 aliphatic rings. The van der Waals surface area contributed by atoms with Crippen molar-refractivity contribution in [3.63, 3.8) is 0 Å². The minimum atomic E-state index is -3.53. The zero-order chi connectivity index (χ0) is 18.2. The second kappa shape index (κ2) is 6.64. The van der Waals surface area contributed by atoms with E-state index in [0.29, 0.717) is 16.6 Å². The molecule has 134 valence electrons. The Balaban J connectivity index is 1.82. The van der Waals surface area contributed by atoms with Crippen LogP contribution < -0.4 is 14.4 Å². The van der Waals surface area contributed by atoms with Crippen LogP contribution in [-0.2, 0) is 14.8 Å². The lowest BCUT2D eigenvalue weighted by Gasteiger charge is -2.33. The maximum Gasteiger partial charge on any atom is 0.269 e. The van der Waals surface area contributed by atoms with Crippen molar-refractivity contribution in [1.29, 1.82) is 0 Å². The third-order valence-corrected chi connectivity index (χ3v) is 5.69. The number of carbonyl (C=O) groups excluding carboxylic acids is 1. The highest BCUT2D eigenvalue weighted by molar-refractivity contribution is 7.92. The van der Waals surface area contributed by atoms with Crippen LogP contribution in [0.4, 0.5) is 10.8 Å². The van der Waals surface area contributed by atoms with Crippen molar-refractivity contribution in [1.82, 2.24) is 4.98 Å². The molecule has 0 unspecified atom stereocenters. The Hall–Kier alpha value is -2.13. The first-order valence-electron chi connectivity index (χ1n) is 7.75. The molecule has 0 fully saturated rings. The average Bonchev–Trinajstić information content (AvgIpc) is 3.01. The van der Waals surface area contributed by atoms with Gasteiger partial charge in [-0.25, -0.2) is 13.4 Å². The molecule has 2 aromatic rings. The van der Waals surface area contributed by atoms with Crippen LogP contribution in [0, 0.1) is 0 Å². The minimum absolute atomic E-state index is 0.0793.